The molecule has 0 radical (unpaired) electrons. The van der Waals surface area contributed by atoms with Crippen LogP contribution in [0.4, 0.5) is 17.2 Å². The smallest absolute Gasteiger partial charge is 0.305 e. The molecule has 3 heterocycles. The lowest BCUT2D eigenvalue weighted by Gasteiger charge is -2.36. The Hall–Kier alpha value is -3.21. The van der Waals surface area contributed by atoms with Crippen LogP contribution < -0.4 is 9.80 Å². The summed E-state index contributed by atoms with van der Waals surface area (Å²) in [6.07, 6.45) is 3.53. The molecule has 0 bridgehead atoms. The Morgan fingerprint density at radius 3 is 2.35 bits per heavy atom. The Kier molecular flexibility index (Phi) is 4.01. The van der Waals surface area contributed by atoms with Crippen molar-refractivity contribution >= 4 is 17.2 Å². The number of aromatic nitrogens is 2. The van der Waals surface area contributed by atoms with Gasteiger partial charge in [-0.2, -0.15) is 5.26 Å². The number of nitriles is 1. The van der Waals surface area contributed by atoms with Crippen LogP contribution in [0.3, 0.4) is 0 Å². The molecule has 0 saturated carbocycles. The molecule has 3 rings (SSSR count). The minimum absolute atomic E-state index is 0.149. The highest BCUT2D eigenvalue weighted by molar-refractivity contribution is 5.53. The molecule has 1 saturated heterocycles. The van der Waals surface area contributed by atoms with Gasteiger partial charge in [-0.1, -0.05) is 0 Å². The summed E-state index contributed by atoms with van der Waals surface area (Å²) in [7, 11) is 0. The van der Waals surface area contributed by atoms with Crippen LogP contribution in [0.1, 0.15) is 5.69 Å². The van der Waals surface area contributed by atoms with Gasteiger partial charge in [0.05, 0.1) is 4.92 Å². The number of hydrogen-bond acceptors (Lipinski definition) is 7. The van der Waals surface area contributed by atoms with Crippen molar-refractivity contribution in [1.82, 2.24) is 9.97 Å². The molecule has 0 spiro atoms. The lowest BCUT2D eigenvalue weighted by Crippen LogP contribution is -2.46. The third-order valence-corrected chi connectivity index (χ3v) is 3.79. The fourth-order valence-electron chi connectivity index (χ4n) is 2.60. The average molecular weight is 310 g/mol. The summed E-state index contributed by atoms with van der Waals surface area (Å²) in [5.74, 6) is 0.599. The molecule has 23 heavy (non-hydrogen) atoms. The lowest BCUT2D eigenvalue weighted by molar-refractivity contribution is -0.385. The highest BCUT2D eigenvalue weighted by Gasteiger charge is 2.21. The predicted octanol–water partition coefficient (Wildman–Crippen LogP) is 1.58. The quantitative estimate of drug-likeness (QED) is 0.627. The van der Waals surface area contributed by atoms with Crippen molar-refractivity contribution in [2.24, 2.45) is 0 Å². The van der Waals surface area contributed by atoms with E-state index in [4.69, 9.17) is 5.26 Å². The van der Waals surface area contributed by atoms with E-state index in [0.717, 1.165) is 31.9 Å². The van der Waals surface area contributed by atoms with E-state index >= 15 is 0 Å². The van der Waals surface area contributed by atoms with Gasteiger partial charge in [0.25, 0.3) is 0 Å². The van der Waals surface area contributed by atoms with Gasteiger partial charge in [0.1, 0.15) is 11.9 Å². The maximum absolute atomic E-state index is 10.9. The number of nitrogens with zero attached hydrogens (tertiary/aromatic N) is 6. The van der Waals surface area contributed by atoms with E-state index in [9.17, 15) is 10.1 Å². The van der Waals surface area contributed by atoms with E-state index in [0.29, 0.717) is 5.82 Å². The van der Waals surface area contributed by atoms with E-state index < -0.39 is 4.92 Å². The minimum Gasteiger partial charge on any atom is -0.368 e. The molecule has 0 unspecified atom stereocenters. The molecular formula is C15H14N6O2. The largest absolute Gasteiger partial charge is 0.368 e. The molecule has 1 aliphatic rings. The SMILES string of the molecule is N#Cc1nc(N2CCN(c3ccncc3)CC2)ccc1[N+](=O)[O-]. The van der Waals surface area contributed by atoms with E-state index in [1.54, 1.807) is 24.5 Å². The van der Waals surface area contributed by atoms with Gasteiger partial charge in [0, 0.05) is 50.3 Å². The van der Waals surface area contributed by atoms with Crippen LogP contribution in [0.5, 0.6) is 0 Å². The van der Waals surface area contributed by atoms with Crippen molar-refractivity contribution < 1.29 is 4.92 Å². The maximum atomic E-state index is 10.9. The van der Waals surface area contributed by atoms with Gasteiger partial charge in [-0.25, -0.2) is 4.98 Å². The average Bonchev–Trinajstić information content (AvgIpc) is 2.62. The van der Waals surface area contributed by atoms with Gasteiger partial charge in [-0.05, 0) is 18.2 Å². The van der Waals surface area contributed by atoms with Crippen LogP contribution in [-0.2, 0) is 0 Å². The van der Waals surface area contributed by atoms with E-state index in [1.165, 1.54) is 6.07 Å². The molecule has 8 nitrogen and oxygen atoms in total. The fourth-order valence-corrected chi connectivity index (χ4v) is 2.60. The van der Waals surface area contributed by atoms with Gasteiger partial charge in [0.2, 0.25) is 5.69 Å². The van der Waals surface area contributed by atoms with Crippen LogP contribution in [0, 0.1) is 21.4 Å². The van der Waals surface area contributed by atoms with Gasteiger partial charge in [-0.15, -0.1) is 0 Å². The second-order valence-corrected chi connectivity index (χ2v) is 5.09. The number of hydrogen-bond donors (Lipinski definition) is 0. The Morgan fingerprint density at radius 1 is 1.09 bits per heavy atom. The fraction of sp³-hybridized carbons (Fsp3) is 0.267. The molecule has 1 aliphatic heterocycles. The summed E-state index contributed by atoms with van der Waals surface area (Å²) in [6.45, 7) is 3.09. The minimum atomic E-state index is -0.587. The summed E-state index contributed by atoms with van der Waals surface area (Å²) < 4.78 is 0. The number of pyridine rings is 2. The molecule has 116 valence electrons. The van der Waals surface area contributed by atoms with Gasteiger partial charge < -0.3 is 9.80 Å². The van der Waals surface area contributed by atoms with Crippen molar-refractivity contribution in [2.75, 3.05) is 36.0 Å². The van der Waals surface area contributed by atoms with E-state index in [1.807, 2.05) is 17.0 Å². The molecule has 8 heteroatoms. The van der Waals surface area contributed by atoms with Crippen LogP contribution in [0.15, 0.2) is 36.7 Å². The highest BCUT2D eigenvalue weighted by Crippen LogP contribution is 2.22. The normalized spacial score (nSPS) is 14.4. The molecule has 2 aromatic heterocycles. The maximum Gasteiger partial charge on any atom is 0.305 e. The zero-order valence-electron chi connectivity index (χ0n) is 12.3. The number of anilines is 2. The Labute approximate surface area is 132 Å². The molecule has 2 aromatic rings. The summed E-state index contributed by atoms with van der Waals surface area (Å²) in [5.41, 5.74) is 0.713. The first-order valence-electron chi connectivity index (χ1n) is 7.14. The van der Waals surface area contributed by atoms with Crippen LogP contribution in [0.2, 0.25) is 0 Å². The second-order valence-electron chi connectivity index (χ2n) is 5.09. The number of rotatable bonds is 3. The summed E-state index contributed by atoms with van der Waals surface area (Å²) in [4.78, 5) is 22.7. The topological polar surface area (TPSA) is 99.2 Å². The Morgan fingerprint density at radius 2 is 1.74 bits per heavy atom. The predicted molar refractivity (Wildman–Crippen MR) is 84.3 cm³/mol. The van der Waals surface area contributed by atoms with Crippen LogP contribution in [0.25, 0.3) is 0 Å². The molecule has 1 fully saturated rings. The van der Waals surface area contributed by atoms with Crippen molar-refractivity contribution in [3.05, 3.63) is 52.5 Å². The first kappa shape index (κ1) is 14.7. The molecule has 0 atom stereocenters. The van der Waals surface area contributed by atoms with Gasteiger partial charge in [-0.3, -0.25) is 15.1 Å². The van der Waals surface area contributed by atoms with Crippen LogP contribution >= 0.6 is 0 Å². The third kappa shape index (κ3) is 3.03. The second kappa shape index (κ2) is 6.27. The van der Waals surface area contributed by atoms with Crippen molar-refractivity contribution in [3.63, 3.8) is 0 Å². The molecular weight excluding hydrogens is 296 g/mol. The molecule has 0 aliphatic carbocycles. The summed E-state index contributed by atoms with van der Waals surface area (Å²) in [5, 5.41) is 19.9. The monoisotopic (exact) mass is 310 g/mol. The highest BCUT2D eigenvalue weighted by atomic mass is 16.6. The van der Waals surface area contributed by atoms with Gasteiger partial charge >= 0.3 is 5.69 Å². The zero-order chi connectivity index (χ0) is 16.2. The molecule has 0 amide bonds. The lowest BCUT2D eigenvalue weighted by atomic mass is 10.2. The van der Waals surface area contributed by atoms with E-state index in [2.05, 4.69) is 14.9 Å². The summed E-state index contributed by atoms with van der Waals surface area (Å²) in [6, 6.07) is 8.67. The molecule has 0 aromatic carbocycles. The Balaban J connectivity index is 1.73. The van der Waals surface area contributed by atoms with Crippen molar-refractivity contribution in [2.45, 2.75) is 0 Å². The van der Waals surface area contributed by atoms with Crippen LogP contribution in [-0.4, -0.2) is 41.1 Å². The zero-order valence-corrected chi connectivity index (χ0v) is 12.3. The number of piperazine rings is 1. The summed E-state index contributed by atoms with van der Waals surface area (Å²) >= 11 is 0. The first-order valence-corrected chi connectivity index (χ1v) is 7.14. The third-order valence-electron chi connectivity index (χ3n) is 3.79. The van der Waals surface area contributed by atoms with Crippen molar-refractivity contribution in [3.8, 4) is 6.07 Å². The van der Waals surface area contributed by atoms with Crippen molar-refractivity contribution in [1.29, 1.82) is 5.26 Å². The first-order chi connectivity index (χ1) is 11.2. The number of nitro groups is 1. The van der Waals surface area contributed by atoms with E-state index in [-0.39, 0.29) is 11.4 Å². The molecule has 0 N–H and O–H groups in total. The Bertz CT molecular complexity index is 750. The van der Waals surface area contributed by atoms with Gasteiger partial charge in [0.15, 0.2) is 0 Å². The standard InChI is InChI=1S/C15H14N6O2/c16-11-13-14(21(22)23)1-2-15(18-13)20-9-7-19(8-10-20)12-3-5-17-6-4-12/h1-6H,7-10H2.